The molecule has 1 atom stereocenters. The van der Waals surface area contributed by atoms with E-state index in [1.54, 1.807) is 0 Å². The second-order valence-electron chi connectivity index (χ2n) is 7.49. The van der Waals surface area contributed by atoms with Crippen LogP contribution in [0, 0.1) is 11.3 Å². The van der Waals surface area contributed by atoms with Gasteiger partial charge in [-0.2, -0.15) is 5.26 Å². The minimum Gasteiger partial charge on any atom is -0.341 e. The predicted octanol–water partition coefficient (Wildman–Crippen LogP) is 3.65. The largest absolute Gasteiger partial charge is 0.341 e. The lowest BCUT2D eigenvalue weighted by Crippen LogP contribution is -2.50. The van der Waals surface area contributed by atoms with Gasteiger partial charge in [-0.15, -0.1) is 0 Å². The number of nitriles is 1. The molecule has 1 aromatic heterocycles. The Kier molecular flexibility index (Phi) is 5.52. The molecule has 4 rings (SSSR count). The third kappa shape index (κ3) is 4.30. The number of aromatic amines is 1. The first kappa shape index (κ1) is 18.4. The van der Waals surface area contributed by atoms with Crippen molar-refractivity contribution in [1.82, 2.24) is 19.8 Å². The summed E-state index contributed by atoms with van der Waals surface area (Å²) >= 11 is 0. The first-order valence-electron chi connectivity index (χ1n) is 9.76. The van der Waals surface area contributed by atoms with Gasteiger partial charge in [-0.05, 0) is 24.6 Å². The van der Waals surface area contributed by atoms with Crippen molar-refractivity contribution in [2.75, 3.05) is 19.6 Å². The average Bonchev–Trinajstić information content (AvgIpc) is 3.20. The fourth-order valence-electron chi connectivity index (χ4n) is 3.79. The quantitative estimate of drug-likeness (QED) is 0.744. The Labute approximate surface area is 166 Å². The van der Waals surface area contributed by atoms with Gasteiger partial charge in [-0.3, -0.25) is 9.80 Å². The second-order valence-corrected chi connectivity index (χ2v) is 7.49. The van der Waals surface area contributed by atoms with Crippen LogP contribution in [0.4, 0.5) is 0 Å². The minimum absolute atomic E-state index is 0.482. The Morgan fingerprint density at radius 1 is 1.07 bits per heavy atom. The predicted molar refractivity (Wildman–Crippen MR) is 110 cm³/mol. The molecule has 2 heterocycles. The van der Waals surface area contributed by atoms with Crippen LogP contribution in [0.25, 0.3) is 11.4 Å². The van der Waals surface area contributed by atoms with Crippen molar-refractivity contribution >= 4 is 0 Å². The van der Waals surface area contributed by atoms with E-state index in [4.69, 9.17) is 5.26 Å². The zero-order valence-corrected chi connectivity index (χ0v) is 16.2. The highest BCUT2D eigenvalue weighted by molar-refractivity contribution is 5.54. The van der Waals surface area contributed by atoms with Gasteiger partial charge in [-0.1, -0.05) is 42.5 Å². The highest BCUT2D eigenvalue weighted by atomic mass is 15.3. The van der Waals surface area contributed by atoms with E-state index < -0.39 is 0 Å². The van der Waals surface area contributed by atoms with Gasteiger partial charge in [0.05, 0.1) is 11.6 Å². The van der Waals surface area contributed by atoms with Crippen LogP contribution in [0.3, 0.4) is 0 Å². The van der Waals surface area contributed by atoms with Gasteiger partial charge < -0.3 is 4.98 Å². The van der Waals surface area contributed by atoms with E-state index in [9.17, 15) is 0 Å². The summed E-state index contributed by atoms with van der Waals surface area (Å²) in [6.45, 7) is 7.25. The SMILES string of the molecule is CC1CN(Cc2ccc(C#N)cc2)CCN1Cc1cnc(-c2ccccc2)[nH]1. The summed E-state index contributed by atoms with van der Waals surface area (Å²) in [5.41, 5.74) is 4.26. The van der Waals surface area contributed by atoms with Crippen LogP contribution >= 0.6 is 0 Å². The molecule has 1 aliphatic rings. The van der Waals surface area contributed by atoms with E-state index in [2.05, 4.69) is 57.0 Å². The fraction of sp³-hybridized carbons (Fsp3) is 0.304. The normalized spacial score (nSPS) is 18.1. The number of benzene rings is 2. The summed E-state index contributed by atoms with van der Waals surface area (Å²) in [6.07, 6.45) is 1.96. The van der Waals surface area contributed by atoms with Crippen molar-refractivity contribution in [2.24, 2.45) is 0 Å². The Morgan fingerprint density at radius 3 is 2.57 bits per heavy atom. The molecule has 0 radical (unpaired) electrons. The first-order valence-corrected chi connectivity index (χ1v) is 9.76. The van der Waals surface area contributed by atoms with Crippen molar-refractivity contribution in [3.63, 3.8) is 0 Å². The van der Waals surface area contributed by atoms with Crippen LogP contribution < -0.4 is 0 Å². The van der Waals surface area contributed by atoms with Crippen molar-refractivity contribution in [3.8, 4) is 17.5 Å². The molecule has 5 heteroatoms. The van der Waals surface area contributed by atoms with E-state index in [0.29, 0.717) is 6.04 Å². The monoisotopic (exact) mass is 371 g/mol. The zero-order valence-electron chi connectivity index (χ0n) is 16.2. The van der Waals surface area contributed by atoms with Crippen molar-refractivity contribution < 1.29 is 0 Å². The third-order valence-electron chi connectivity index (χ3n) is 5.39. The molecule has 1 fully saturated rings. The van der Waals surface area contributed by atoms with Gasteiger partial charge in [0.15, 0.2) is 0 Å². The summed E-state index contributed by atoms with van der Waals surface area (Å²) < 4.78 is 0. The van der Waals surface area contributed by atoms with Gasteiger partial charge in [-0.25, -0.2) is 4.98 Å². The molecule has 5 nitrogen and oxygen atoms in total. The van der Waals surface area contributed by atoms with E-state index in [0.717, 1.165) is 55.4 Å². The average molecular weight is 371 g/mol. The second kappa shape index (κ2) is 8.39. The summed E-state index contributed by atoms with van der Waals surface area (Å²) in [5.74, 6) is 0.933. The Bertz CT molecular complexity index is 939. The lowest BCUT2D eigenvalue weighted by atomic mass is 10.1. The Morgan fingerprint density at radius 2 is 1.86 bits per heavy atom. The highest BCUT2D eigenvalue weighted by Gasteiger charge is 2.24. The maximum Gasteiger partial charge on any atom is 0.137 e. The maximum absolute atomic E-state index is 8.93. The van der Waals surface area contributed by atoms with E-state index in [1.165, 1.54) is 5.56 Å². The highest BCUT2D eigenvalue weighted by Crippen LogP contribution is 2.19. The van der Waals surface area contributed by atoms with Gasteiger partial charge in [0, 0.05) is 56.2 Å². The number of hydrogen-bond donors (Lipinski definition) is 1. The van der Waals surface area contributed by atoms with Crippen LogP contribution in [-0.4, -0.2) is 45.4 Å². The Balaban J connectivity index is 1.33. The summed E-state index contributed by atoms with van der Waals surface area (Å²) in [6, 6.07) is 20.8. The fourth-order valence-corrected chi connectivity index (χ4v) is 3.79. The van der Waals surface area contributed by atoms with Crippen molar-refractivity contribution in [1.29, 1.82) is 5.26 Å². The molecule has 2 aromatic carbocycles. The van der Waals surface area contributed by atoms with Crippen LogP contribution in [0.1, 0.15) is 23.7 Å². The molecule has 3 aromatic rings. The van der Waals surface area contributed by atoms with E-state index in [-0.39, 0.29) is 0 Å². The molecule has 0 amide bonds. The summed E-state index contributed by atoms with van der Waals surface area (Å²) in [7, 11) is 0. The molecule has 0 saturated carbocycles. The molecule has 0 spiro atoms. The van der Waals surface area contributed by atoms with Gasteiger partial charge in [0.2, 0.25) is 0 Å². The molecular formula is C23H25N5. The lowest BCUT2D eigenvalue weighted by molar-refractivity contribution is 0.0725. The zero-order chi connectivity index (χ0) is 19.3. The van der Waals surface area contributed by atoms with Crippen LogP contribution in [-0.2, 0) is 13.1 Å². The van der Waals surface area contributed by atoms with Gasteiger partial charge in [0.25, 0.3) is 0 Å². The number of nitrogens with one attached hydrogen (secondary N) is 1. The van der Waals surface area contributed by atoms with Crippen molar-refractivity contribution in [3.05, 3.63) is 77.6 Å². The van der Waals surface area contributed by atoms with Crippen LogP contribution in [0.15, 0.2) is 60.8 Å². The number of nitrogens with zero attached hydrogens (tertiary/aromatic N) is 4. The third-order valence-corrected chi connectivity index (χ3v) is 5.39. The molecule has 0 bridgehead atoms. The number of rotatable bonds is 5. The first-order chi connectivity index (χ1) is 13.7. The van der Waals surface area contributed by atoms with Crippen LogP contribution in [0.2, 0.25) is 0 Å². The summed E-state index contributed by atoms with van der Waals surface area (Å²) in [5, 5.41) is 8.93. The minimum atomic E-state index is 0.482. The Hall–Kier alpha value is -2.94. The molecular weight excluding hydrogens is 346 g/mol. The molecule has 1 N–H and O–H groups in total. The molecule has 1 unspecified atom stereocenters. The molecule has 1 aliphatic heterocycles. The van der Waals surface area contributed by atoms with Crippen molar-refractivity contribution in [2.45, 2.75) is 26.1 Å². The standard InChI is InChI=1S/C23H25N5/c1-18-15-27(16-20-9-7-19(13-24)8-10-20)11-12-28(18)17-22-14-25-23(26-22)21-5-3-2-4-6-21/h2-10,14,18H,11-12,15-17H2,1H3,(H,25,26). The number of hydrogen-bond acceptors (Lipinski definition) is 4. The number of imidazole rings is 1. The van der Waals surface area contributed by atoms with E-state index >= 15 is 0 Å². The molecule has 142 valence electrons. The number of aromatic nitrogens is 2. The van der Waals surface area contributed by atoms with Gasteiger partial charge in [0.1, 0.15) is 5.82 Å². The number of H-pyrrole nitrogens is 1. The van der Waals surface area contributed by atoms with E-state index in [1.807, 2.05) is 36.5 Å². The molecule has 1 saturated heterocycles. The molecule has 28 heavy (non-hydrogen) atoms. The lowest BCUT2D eigenvalue weighted by Gasteiger charge is -2.39. The van der Waals surface area contributed by atoms with Crippen LogP contribution in [0.5, 0.6) is 0 Å². The number of piperazine rings is 1. The topological polar surface area (TPSA) is 59.0 Å². The molecule has 0 aliphatic carbocycles. The smallest absolute Gasteiger partial charge is 0.137 e. The maximum atomic E-state index is 8.93. The summed E-state index contributed by atoms with van der Waals surface area (Å²) in [4.78, 5) is 13.0. The van der Waals surface area contributed by atoms with Gasteiger partial charge >= 0.3 is 0 Å².